The summed E-state index contributed by atoms with van der Waals surface area (Å²) in [5.41, 5.74) is 4.24. The number of amides is 2. The number of ether oxygens (including phenoxy) is 1. The van der Waals surface area contributed by atoms with Gasteiger partial charge in [-0.2, -0.15) is 4.31 Å². The number of hydrogen-bond donors (Lipinski definition) is 9. The third kappa shape index (κ3) is 13.0. The Morgan fingerprint density at radius 1 is 1.10 bits per heavy atom. The van der Waals surface area contributed by atoms with Gasteiger partial charge in [0.1, 0.15) is 36.3 Å². The normalized spacial score (nSPS) is 22.4. The molecule has 2 aromatic rings. The maximum Gasteiger partial charge on any atom is 0.481 e. The van der Waals surface area contributed by atoms with Crippen LogP contribution in [0, 0.1) is 5.41 Å². The Labute approximate surface area is 303 Å². The number of thioether (sulfide) groups is 1. The number of imidazole rings is 1. The third-order valence-corrected chi connectivity index (χ3v) is 11.2. The molecule has 1 aliphatic rings. The van der Waals surface area contributed by atoms with E-state index in [9.17, 15) is 57.9 Å². The Hall–Kier alpha value is -2.15. The summed E-state index contributed by atoms with van der Waals surface area (Å²) in [5, 5.41) is 25.9. The third-order valence-electron chi connectivity index (χ3n) is 6.87. The fourth-order valence-corrected chi connectivity index (χ4v) is 7.90. The number of carbonyl (C=O) groups is 3. The summed E-state index contributed by atoms with van der Waals surface area (Å²) in [4.78, 5) is 86.2. The predicted octanol–water partition coefficient (Wildman–Crippen LogP) is -1.10. The van der Waals surface area contributed by atoms with E-state index in [1.165, 1.54) is 13.8 Å². The van der Waals surface area contributed by atoms with Gasteiger partial charge in [-0.1, -0.05) is 25.6 Å². The molecule has 1 fully saturated rings. The second kappa shape index (κ2) is 18.5. The van der Waals surface area contributed by atoms with E-state index < -0.39 is 84.6 Å². The van der Waals surface area contributed by atoms with Crippen LogP contribution in [0.3, 0.4) is 0 Å². The molecule has 0 aliphatic carbocycles. The molecule has 0 aromatic carbocycles. The first-order valence-electron chi connectivity index (χ1n) is 14.7. The lowest BCUT2D eigenvalue weighted by Crippen LogP contribution is -2.46. The molecule has 10 N–H and O–H groups in total. The molecule has 3 rings (SSSR count). The van der Waals surface area contributed by atoms with Crippen LogP contribution < -0.4 is 16.4 Å². The van der Waals surface area contributed by atoms with Crippen LogP contribution in [-0.2, 0) is 50.7 Å². The molecule has 1 saturated heterocycles. The average Bonchev–Trinajstić information content (AvgIpc) is 3.60. The fourth-order valence-electron chi connectivity index (χ4n) is 4.33. The van der Waals surface area contributed by atoms with Gasteiger partial charge in [-0.15, -0.1) is 11.6 Å². The molecule has 2 unspecified atom stereocenters. The molecule has 2 amide bonds. The van der Waals surface area contributed by atoms with Gasteiger partial charge in [0.25, 0.3) is 0 Å². The highest BCUT2D eigenvalue weighted by molar-refractivity contribution is 8.13. The summed E-state index contributed by atoms with van der Waals surface area (Å²) in [6.45, 7) is 0.418. The number of anilines is 1. The largest absolute Gasteiger partial charge is 0.481 e. The van der Waals surface area contributed by atoms with Crippen LogP contribution in [0.2, 0.25) is 0 Å². The second-order valence-electron chi connectivity index (χ2n) is 11.4. The number of aromatic nitrogens is 4. The molecule has 7 atom stereocenters. The van der Waals surface area contributed by atoms with E-state index >= 15 is 0 Å². The molecule has 29 heteroatoms. The van der Waals surface area contributed by atoms with E-state index in [-0.39, 0.29) is 47.5 Å². The second-order valence-corrected chi connectivity index (χ2v) is 17.1. The highest BCUT2D eigenvalue weighted by Crippen LogP contribution is 2.61. The van der Waals surface area contributed by atoms with E-state index in [0.717, 1.165) is 29.0 Å². The van der Waals surface area contributed by atoms with Crippen molar-refractivity contribution in [3.8, 4) is 0 Å². The topological polar surface area (TPSA) is 364 Å². The zero-order chi connectivity index (χ0) is 39.1. The first-order chi connectivity index (χ1) is 24.1. The number of aliphatic hydroxyl groups excluding tert-OH is 2. The number of phosphoric acid groups is 3. The van der Waals surface area contributed by atoms with Crippen LogP contribution in [0.15, 0.2) is 12.7 Å². The lowest BCUT2D eigenvalue weighted by Gasteiger charge is -2.30. The van der Waals surface area contributed by atoms with Crippen LogP contribution >= 0.6 is 46.8 Å². The van der Waals surface area contributed by atoms with Gasteiger partial charge < -0.3 is 50.9 Å². The minimum Gasteiger partial charge on any atom is -0.386 e. The minimum absolute atomic E-state index is 0.0282. The van der Waals surface area contributed by atoms with Gasteiger partial charge in [0, 0.05) is 30.7 Å². The van der Waals surface area contributed by atoms with Crippen LogP contribution in [0.1, 0.15) is 26.5 Å². The zero-order valence-electron chi connectivity index (χ0n) is 27.2. The molecule has 2 aromatic heterocycles. The molecule has 1 aliphatic heterocycles. The highest BCUT2D eigenvalue weighted by atomic mass is 35.5. The molecule has 0 radical (unpaired) electrons. The molecular weight excluding hydrogens is 807 g/mol. The van der Waals surface area contributed by atoms with Crippen molar-refractivity contribution in [1.29, 1.82) is 0 Å². The highest BCUT2D eigenvalue weighted by Gasteiger charge is 2.50. The van der Waals surface area contributed by atoms with Gasteiger partial charge in [0.2, 0.25) is 16.9 Å². The quantitative estimate of drug-likeness (QED) is 0.0434. The number of halogens is 1. The number of nitrogens with one attached hydrogen (secondary N) is 2. The van der Waals surface area contributed by atoms with Crippen molar-refractivity contribution in [1.82, 2.24) is 30.2 Å². The van der Waals surface area contributed by atoms with Gasteiger partial charge in [-0.05, 0) is 0 Å². The van der Waals surface area contributed by atoms with Gasteiger partial charge in [-0.25, -0.2) is 28.6 Å². The van der Waals surface area contributed by atoms with E-state index in [0.29, 0.717) is 5.75 Å². The molecule has 3 heterocycles. The summed E-state index contributed by atoms with van der Waals surface area (Å²) in [7, 11) is -16.4. The van der Waals surface area contributed by atoms with Crippen molar-refractivity contribution in [2.75, 3.05) is 43.7 Å². The van der Waals surface area contributed by atoms with Crippen molar-refractivity contribution < 1.29 is 80.5 Å². The zero-order valence-corrected chi connectivity index (χ0v) is 31.4. The summed E-state index contributed by atoms with van der Waals surface area (Å²) in [6.07, 6.45) is -6.94. The average molecular weight is 844 g/mol. The summed E-state index contributed by atoms with van der Waals surface area (Å²) < 4.78 is 61.8. The number of alkyl halides is 1. The lowest BCUT2D eigenvalue weighted by atomic mass is 9.87. The number of nitrogens with zero attached hydrogens (tertiary/aromatic N) is 4. The number of nitrogen functional groups attached to an aromatic ring is 1. The number of hydrogen-bond acceptors (Lipinski definition) is 18. The van der Waals surface area contributed by atoms with E-state index in [2.05, 4.69) is 34.4 Å². The molecule has 0 spiro atoms. The Bertz CT molecular complexity index is 1730. The molecule has 0 bridgehead atoms. The van der Waals surface area contributed by atoms with Crippen molar-refractivity contribution in [3.05, 3.63) is 12.7 Å². The number of phosphoric ester groups is 3. The maximum atomic E-state index is 12.6. The van der Waals surface area contributed by atoms with Gasteiger partial charge >= 0.3 is 23.5 Å². The SMILES string of the molecule is CC(C)(COP(=O)(O)OP(=O)(O)OC[C@H]1O[C@@H](n2cnc3c(N)ncnc32)[C@H](O)[C@@H]1OP(=O)(O)O)[C@@H](O)C(=O)NCCC(=O)NCCSC(=O)CCl. The Balaban J connectivity index is 1.54. The van der Waals surface area contributed by atoms with Crippen LogP contribution in [0.5, 0.6) is 0 Å². The van der Waals surface area contributed by atoms with E-state index in [4.69, 9.17) is 31.1 Å². The van der Waals surface area contributed by atoms with E-state index in [1.54, 1.807) is 0 Å². The van der Waals surface area contributed by atoms with Gasteiger partial charge in [-0.3, -0.25) is 32.5 Å². The Morgan fingerprint density at radius 2 is 1.77 bits per heavy atom. The van der Waals surface area contributed by atoms with Crippen molar-refractivity contribution in [2.24, 2.45) is 5.41 Å². The molecule has 24 nitrogen and oxygen atoms in total. The minimum atomic E-state index is -5.56. The fraction of sp³-hybridized carbons (Fsp3) is 0.652. The summed E-state index contributed by atoms with van der Waals surface area (Å²) in [5.74, 6) is -1.37. The van der Waals surface area contributed by atoms with Crippen molar-refractivity contribution in [3.63, 3.8) is 0 Å². The molecule has 294 valence electrons. The first-order valence-corrected chi connectivity index (χ1v) is 20.7. The van der Waals surface area contributed by atoms with Crippen LogP contribution in [0.4, 0.5) is 5.82 Å². The Morgan fingerprint density at radius 3 is 2.42 bits per heavy atom. The lowest BCUT2D eigenvalue weighted by molar-refractivity contribution is -0.137. The Kier molecular flexibility index (Phi) is 15.7. The smallest absolute Gasteiger partial charge is 0.386 e. The summed E-state index contributed by atoms with van der Waals surface area (Å²) in [6, 6.07) is 0. The standard InChI is InChI=1S/C23H37ClN7O17P3S/c1-23(2,18(35)21(36)27-4-3-13(32)26-5-6-52-14(33)7-24)9-45-51(42,43)48-50(40,41)44-8-12-17(47-49(37,38)39)16(34)22(46-12)31-11-30-15-19(25)28-10-29-20(15)31/h10-12,16-18,22,34-35H,3-9H2,1-2H3,(H,26,32)(H,27,36)(H,40,41)(H,42,43)(H2,25,28,29)(H2,37,38,39)/t12-,16-,17-,18+,22-/m1/s1. The number of carbonyl (C=O) groups excluding carboxylic acids is 3. The number of nitrogens with two attached hydrogens (primary N) is 1. The predicted molar refractivity (Wildman–Crippen MR) is 178 cm³/mol. The molecule has 0 saturated carbocycles. The monoisotopic (exact) mass is 843 g/mol. The number of rotatable bonds is 20. The van der Waals surface area contributed by atoms with Crippen molar-refractivity contribution in [2.45, 2.75) is 50.9 Å². The van der Waals surface area contributed by atoms with Crippen LogP contribution in [-0.4, -0.2) is 129 Å². The van der Waals surface area contributed by atoms with Crippen molar-refractivity contribution >= 4 is 80.7 Å². The molecule has 52 heavy (non-hydrogen) atoms. The van der Waals surface area contributed by atoms with Crippen LogP contribution in [0.25, 0.3) is 11.2 Å². The summed E-state index contributed by atoms with van der Waals surface area (Å²) >= 11 is 6.32. The number of aliphatic hydroxyl groups is 2. The first kappa shape index (κ1) is 44.2. The van der Waals surface area contributed by atoms with E-state index in [1.807, 2.05) is 0 Å². The maximum absolute atomic E-state index is 12.6. The van der Waals surface area contributed by atoms with Gasteiger partial charge in [0.05, 0.1) is 25.4 Å². The van der Waals surface area contributed by atoms with Gasteiger partial charge in [0.15, 0.2) is 17.7 Å². The molecular formula is C23H37ClN7O17P3S. The number of fused-ring (bicyclic) bond motifs is 1.